The van der Waals surface area contributed by atoms with E-state index in [1.807, 2.05) is 12.1 Å². The Kier molecular flexibility index (Phi) is 9.99. The van der Waals surface area contributed by atoms with Gasteiger partial charge in [-0.1, -0.05) is 72.8 Å². The summed E-state index contributed by atoms with van der Waals surface area (Å²) in [4.78, 5) is 40.6. The summed E-state index contributed by atoms with van der Waals surface area (Å²) in [6.07, 6.45) is 1.43. The smallest absolute Gasteiger partial charge is 0.337 e. The van der Waals surface area contributed by atoms with Gasteiger partial charge in [-0.15, -0.1) is 0 Å². The summed E-state index contributed by atoms with van der Waals surface area (Å²) in [5, 5.41) is 14.7. The first kappa shape index (κ1) is 32.6. The number of allylic oxidation sites excluding steroid dienone is 2. The molecule has 10 heteroatoms. The van der Waals surface area contributed by atoms with Crippen LogP contribution in [0.25, 0.3) is 0 Å². The van der Waals surface area contributed by atoms with Crippen molar-refractivity contribution in [2.24, 2.45) is 5.73 Å². The Labute approximate surface area is 269 Å². The molecule has 0 radical (unpaired) electrons. The summed E-state index contributed by atoms with van der Waals surface area (Å²) in [5.41, 5.74) is 9.46. The zero-order chi connectivity index (χ0) is 32.8. The molecule has 5 rings (SSSR count). The van der Waals surface area contributed by atoms with E-state index in [1.165, 1.54) is 36.4 Å². The molecule has 2 aliphatic rings. The van der Waals surface area contributed by atoms with E-state index < -0.39 is 28.4 Å². The number of hydrogen-bond donors (Lipinski definition) is 2. The van der Waals surface area contributed by atoms with Crippen molar-refractivity contribution in [2.45, 2.75) is 44.1 Å². The summed E-state index contributed by atoms with van der Waals surface area (Å²) >= 11 is 0. The zero-order valence-corrected chi connectivity index (χ0v) is 26.4. The van der Waals surface area contributed by atoms with E-state index in [-0.39, 0.29) is 29.3 Å². The number of non-ortho nitro benzene ring substituents is 1. The molecular weight excluding hydrogens is 584 g/mol. The lowest BCUT2D eigenvalue weighted by Crippen LogP contribution is -2.46. The van der Waals surface area contributed by atoms with E-state index in [9.17, 15) is 19.7 Å². The maximum Gasteiger partial charge on any atom is 0.337 e. The Hall–Kier alpha value is -4.80. The molecule has 2 heterocycles. The van der Waals surface area contributed by atoms with Crippen molar-refractivity contribution < 1.29 is 24.0 Å². The summed E-state index contributed by atoms with van der Waals surface area (Å²) in [6.45, 7) is 5.50. The van der Waals surface area contributed by atoms with Crippen LogP contribution in [0.1, 0.15) is 55.2 Å². The highest BCUT2D eigenvalue weighted by Crippen LogP contribution is 2.41. The summed E-state index contributed by atoms with van der Waals surface area (Å²) in [5.74, 6) is -2.01. The molecule has 0 bridgehead atoms. The number of carbonyl (C=O) groups is 2. The summed E-state index contributed by atoms with van der Waals surface area (Å²) < 4.78 is 11.4. The molecule has 10 nitrogen and oxygen atoms in total. The van der Waals surface area contributed by atoms with Crippen molar-refractivity contribution in [2.75, 3.05) is 33.3 Å². The number of ether oxygens (including phenoxy) is 2. The van der Waals surface area contributed by atoms with Gasteiger partial charge in [0.1, 0.15) is 5.60 Å². The van der Waals surface area contributed by atoms with Gasteiger partial charge in [-0.3, -0.25) is 15.0 Å². The molecule has 1 fully saturated rings. The molecule has 0 aromatic heterocycles. The molecule has 0 saturated carbocycles. The molecule has 2 unspecified atom stereocenters. The number of nitrogens with two attached hydrogens (primary N) is 1. The number of nitrogens with zero attached hydrogens (tertiary/aromatic N) is 2. The van der Waals surface area contributed by atoms with Gasteiger partial charge in [0.15, 0.2) is 0 Å². The number of hydrogen-bond acceptors (Lipinski definition) is 9. The van der Waals surface area contributed by atoms with Crippen LogP contribution >= 0.6 is 0 Å². The number of rotatable bonds is 11. The first-order chi connectivity index (χ1) is 22.2. The lowest BCUT2D eigenvalue weighted by molar-refractivity contribution is -0.384. The minimum absolute atomic E-state index is 0.121. The van der Waals surface area contributed by atoms with Crippen molar-refractivity contribution >= 4 is 17.6 Å². The molecule has 0 spiro atoms. The number of benzene rings is 3. The second-order valence-corrected chi connectivity index (χ2v) is 11.9. The quantitative estimate of drug-likeness (QED) is 0.168. The van der Waals surface area contributed by atoms with Crippen LogP contribution in [0.5, 0.6) is 0 Å². The Balaban J connectivity index is 1.38. The highest BCUT2D eigenvalue weighted by molar-refractivity contribution is 6.00. The highest BCUT2D eigenvalue weighted by atomic mass is 16.6. The average Bonchev–Trinajstić information content (AvgIpc) is 3.48. The van der Waals surface area contributed by atoms with Gasteiger partial charge in [-0.05, 0) is 43.5 Å². The molecule has 0 aliphatic carbocycles. The Morgan fingerprint density at radius 3 is 2.15 bits per heavy atom. The number of esters is 2. The molecule has 240 valence electrons. The standard InChI is InChI=1S/C36H40N4O6/c1-24-31(34(41)45-3)33(28-15-10-16-29(21-28)40(43)44)32(25(2)38-24)35(42)46-36(22-37)18-20-39(23-36)19-17-30(26-11-6-4-7-12-26)27-13-8-5-9-14-27/h4-16,21,30,33,38H,17-20,22-23,37H2,1-3H3. The van der Waals surface area contributed by atoms with Crippen LogP contribution in [0.3, 0.4) is 0 Å². The van der Waals surface area contributed by atoms with Crippen LogP contribution in [0, 0.1) is 10.1 Å². The molecule has 0 amide bonds. The zero-order valence-electron chi connectivity index (χ0n) is 26.4. The first-order valence-corrected chi connectivity index (χ1v) is 15.4. The Morgan fingerprint density at radius 1 is 0.978 bits per heavy atom. The number of nitro benzene ring substituents is 1. The minimum Gasteiger partial charge on any atom is -0.466 e. The highest BCUT2D eigenvalue weighted by Gasteiger charge is 2.44. The first-order valence-electron chi connectivity index (χ1n) is 15.4. The summed E-state index contributed by atoms with van der Waals surface area (Å²) in [6, 6.07) is 26.8. The van der Waals surface area contributed by atoms with Crippen LogP contribution in [0.2, 0.25) is 0 Å². The molecule has 2 atom stereocenters. The molecule has 1 saturated heterocycles. The van der Waals surface area contributed by atoms with Crippen LogP contribution in [-0.2, 0) is 19.1 Å². The third kappa shape index (κ3) is 6.88. The Morgan fingerprint density at radius 2 is 1.59 bits per heavy atom. The van der Waals surface area contributed by atoms with Crippen LogP contribution in [0.15, 0.2) is 107 Å². The number of carbonyl (C=O) groups excluding carboxylic acids is 2. The fraction of sp³-hybridized carbons (Fsp3) is 0.333. The fourth-order valence-corrected chi connectivity index (χ4v) is 6.67. The van der Waals surface area contributed by atoms with Gasteiger partial charge in [-0.2, -0.15) is 0 Å². The van der Waals surface area contributed by atoms with E-state index in [4.69, 9.17) is 15.2 Å². The SMILES string of the molecule is COC(=O)C1=C(C)NC(C)=C(C(=O)OC2(CN)CCN(CCC(c3ccccc3)c3ccccc3)C2)C1c1cccc([N+](=O)[O-])c1. The van der Waals surface area contributed by atoms with Gasteiger partial charge in [0.05, 0.1) is 29.1 Å². The maximum absolute atomic E-state index is 14.1. The lowest BCUT2D eigenvalue weighted by Gasteiger charge is -2.34. The van der Waals surface area contributed by atoms with E-state index in [1.54, 1.807) is 19.9 Å². The lowest BCUT2D eigenvalue weighted by atomic mass is 9.80. The molecule has 3 aromatic carbocycles. The van der Waals surface area contributed by atoms with Crippen molar-refractivity contribution in [3.05, 3.63) is 134 Å². The van der Waals surface area contributed by atoms with Gasteiger partial charge < -0.3 is 20.5 Å². The van der Waals surface area contributed by atoms with Crippen LogP contribution < -0.4 is 11.1 Å². The fourth-order valence-electron chi connectivity index (χ4n) is 6.67. The number of nitrogens with one attached hydrogen (secondary N) is 1. The van der Waals surface area contributed by atoms with E-state index in [0.717, 1.165) is 13.0 Å². The van der Waals surface area contributed by atoms with Gasteiger partial charge in [0, 0.05) is 55.5 Å². The third-order valence-corrected chi connectivity index (χ3v) is 9.01. The number of likely N-dealkylation sites (tertiary alicyclic amines) is 1. The molecule has 46 heavy (non-hydrogen) atoms. The third-order valence-electron chi connectivity index (χ3n) is 9.01. The molecule has 2 aliphatic heterocycles. The largest absolute Gasteiger partial charge is 0.466 e. The number of dihydropyridines is 1. The predicted octanol–water partition coefficient (Wildman–Crippen LogP) is 5.17. The van der Waals surface area contributed by atoms with Crippen molar-refractivity contribution in [3.8, 4) is 0 Å². The van der Waals surface area contributed by atoms with Crippen molar-refractivity contribution in [1.82, 2.24) is 10.2 Å². The Bertz CT molecular complexity index is 1620. The number of nitro groups is 1. The normalized spacial score (nSPS) is 20.1. The molecule has 3 aromatic rings. The summed E-state index contributed by atoms with van der Waals surface area (Å²) in [7, 11) is 1.26. The van der Waals surface area contributed by atoms with Crippen LogP contribution in [0.4, 0.5) is 5.69 Å². The van der Waals surface area contributed by atoms with Gasteiger partial charge in [-0.25, -0.2) is 9.59 Å². The topological polar surface area (TPSA) is 137 Å². The average molecular weight is 625 g/mol. The van der Waals surface area contributed by atoms with E-state index in [2.05, 4.69) is 58.7 Å². The molecule has 3 N–H and O–H groups in total. The second kappa shape index (κ2) is 14.1. The second-order valence-electron chi connectivity index (χ2n) is 11.9. The van der Waals surface area contributed by atoms with Gasteiger partial charge in [0.25, 0.3) is 5.69 Å². The van der Waals surface area contributed by atoms with E-state index in [0.29, 0.717) is 36.5 Å². The van der Waals surface area contributed by atoms with E-state index >= 15 is 0 Å². The monoisotopic (exact) mass is 624 g/mol. The maximum atomic E-state index is 14.1. The predicted molar refractivity (Wildman–Crippen MR) is 175 cm³/mol. The van der Waals surface area contributed by atoms with Crippen molar-refractivity contribution in [3.63, 3.8) is 0 Å². The van der Waals surface area contributed by atoms with Gasteiger partial charge in [0.2, 0.25) is 0 Å². The molecular formula is C36H40N4O6. The van der Waals surface area contributed by atoms with Crippen LogP contribution in [-0.4, -0.2) is 60.7 Å². The minimum atomic E-state index is -0.939. The number of methoxy groups -OCH3 is 1. The van der Waals surface area contributed by atoms with Gasteiger partial charge >= 0.3 is 11.9 Å². The van der Waals surface area contributed by atoms with Crippen molar-refractivity contribution in [1.29, 1.82) is 0 Å².